The second-order valence-corrected chi connectivity index (χ2v) is 6.13. The fourth-order valence-electron chi connectivity index (χ4n) is 3.25. The van der Waals surface area contributed by atoms with Crippen LogP contribution in [-0.2, 0) is 0 Å². The highest BCUT2D eigenvalue weighted by atomic mass is 15.4. The molecule has 0 radical (unpaired) electrons. The van der Waals surface area contributed by atoms with Crippen LogP contribution in [0.1, 0.15) is 44.6 Å². The van der Waals surface area contributed by atoms with E-state index in [9.17, 15) is 0 Å². The minimum Gasteiger partial charge on any atom is -0.337 e. The predicted molar refractivity (Wildman–Crippen MR) is 85.6 cm³/mol. The van der Waals surface area contributed by atoms with Gasteiger partial charge in [-0.05, 0) is 50.7 Å². The van der Waals surface area contributed by atoms with Gasteiger partial charge in [0.05, 0.1) is 0 Å². The van der Waals surface area contributed by atoms with Gasteiger partial charge in [-0.1, -0.05) is 13.0 Å². The van der Waals surface area contributed by atoms with E-state index in [1.165, 1.54) is 5.56 Å². The topological polar surface area (TPSA) is 59.5 Å². The Morgan fingerprint density at radius 1 is 1.33 bits per heavy atom. The van der Waals surface area contributed by atoms with Crippen molar-refractivity contribution in [3.63, 3.8) is 0 Å². The van der Waals surface area contributed by atoms with Gasteiger partial charge in [0.1, 0.15) is 0 Å². The molecule has 0 unspecified atom stereocenters. The Balaban J connectivity index is 1.89. The number of nitrogens with zero attached hydrogens (tertiary/aromatic N) is 4. The molecule has 1 saturated carbocycles. The summed E-state index contributed by atoms with van der Waals surface area (Å²) in [5, 5.41) is 4.69. The molecule has 2 aromatic heterocycles. The maximum Gasteiger partial charge on any atom is 0.245 e. The number of anilines is 1. The zero-order chi connectivity index (χ0) is 14.8. The molecule has 0 amide bonds. The molecule has 114 valence electrons. The van der Waals surface area contributed by atoms with Gasteiger partial charge in [0.15, 0.2) is 5.65 Å². The van der Waals surface area contributed by atoms with Crippen molar-refractivity contribution in [3.8, 4) is 0 Å². The smallest absolute Gasteiger partial charge is 0.245 e. The van der Waals surface area contributed by atoms with Crippen molar-refractivity contribution in [3.05, 3.63) is 23.9 Å². The molecule has 0 spiro atoms. The van der Waals surface area contributed by atoms with Crippen LogP contribution in [0.2, 0.25) is 0 Å². The van der Waals surface area contributed by atoms with Crippen LogP contribution in [0.15, 0.2) is 18.3 Å². The summed E-state index contributed by atoms with van der Waals surface area (Å²) in [5.74, 6) is 0.867. The molecule has 2 heterocycles. The van der Waals surface area contributed by atoms with Crippen molar-refractivity contribution in [2.45, 2.75) is 58.0 Å². The Hall–Kier alpha value is -1.62. The lowest BCUT2D eigenvalue weighted by Crippen LogP contribution is -2.42. The predicted octanol–water partition coefficient (Wildman–Crippen LogP) is 2.52. The highest BCUT2D eigenvalue weighted by Crippen LogP contribution is 2.26. The van der Waals surface area contributed by atoms with E-state index in [-0.39, 0.29) is 0 Å². The quantitative estimate of drug-likeness (QED) is 0.938. The largest absolute Gasteiger partial charge is 0.337 e. The molecule has 0 bridgehead atoms. The number of fused-ring (bicyclic) bond motifs is 1. The molecule has 1 aliphatic carbocycles. The fourth-order valence-corrected chi connectivity index (χ4v) is 3.25. The second kappa shape index (κ2) is 6.02. The van der Waals surface area contributed by atoms with E-state index < -0.39 is 0 Å². The van der Waals surface area contributed by atoms with Crippen LogP contribution in [0.5, 0.6) is 0 Å². The van der Waals surface area contributed by atoms with Gasteiger partial charge in [0.2, 0.25) is 5.95 Å². The molecule has 1 aliphatic rings. The third-order valence-electron chi connectivity index (χ3n) is 4.45. The summed E-state index contributed by atoms with van der Waals surface area (Å²) in [5.41, 5.74) is 8.16. The summed E-state index contributed by atoms with van der Waals surface area (Å²) in [6, 6.07) is 5.01. The van der Waals surface area contributed by atoms with Crippen molar-refractivity contribution >= 4 is 11.6 Å². The van der Waals surface area contributed by atoms with E-state index >= 15 is 0 Å². The highest BCUT2D eigenvalue weighted by molar-refractivity contribution is 5.51. The van der Waals surface area contributed by atoms with Gasteiger partial charge in [-0.3, -0.25) is 0 Å². The van der Waals surface area contributed by atoms with Crippen molar-refractivity contribution in [1.82, 2.24) is 14.6 Å². The van der Waals surface area contributed by atoms with Crippen LogP contribution in [0.25, 0.3) is 5.65 Å². The van der Waals surface area contributed by atoms with E-state index in [1.807, 2.05) is 16.8 Å². The Labute approximate surface area is 126 Å². The molecule has 2 aromatic rings. The van der Waals surface area contributed by atoms with Crippen LogP contribution < -0.4 is 10.6 Å². The second-order valence-electron chi connectivity index (χ2n) is 6.13. The van der Waals surface area contributed by atoms with Gasteiger partial charge in [0.25, 0.3) is 0 Å². The van der Waals surface area contributed by atoms with Crippen LogP contribution >= 0.6 is 0 Å². The summed E-state index contributed by atoms with van der Waals surface area (Å²) in [6.45, 7) is 5.30. The van der Waals surface area contributed by atoms with Gasteiger partial charge in [0, 0.05) is 24.8 Å². The molecule has 1 fully saturated rings. The summed E-state index contributed by atoms with van der Waals surface area (Å²) in [7, 11) is 0. The van der Waals surface area contributed by atoms with Crippen molar-refractivity contribution in [1.29, 1.82) is 0 Å². The van der Waals surface area contributed by atoms with Gasteiger partial charge in [-0.2, -0.15) is 4.98 Å². The highest BCUT2D eigenvalue weighted by Gasteiger charge is 2.26. The van der Waals surface area contributed by atoms with E-state index in [0.29, 0.717) is 12.1 Å². The van der Waals surface area contributed by atoms with Gasteiger partial charge in [-0.25, -0.2) is 4.52 Å². The lowest BCUT2D eigenvalue weighted by atomic mass is 9.91. The number of rotatable bonds is 4. The summed E-state index contributed by atoms with van der Waals surface area (Å²) < 4.78 is 1.89. The minimum atomic E-state index is 0.376. The molecule has 21 heavy (non-hydrogen) atoms. The standard InChI is InChI=1S/C16H25N5/c1-3-10-20(14-8-6-13(17)7-9-14)16-18-15-12(2)5-4-11-21(15)19-16/h4-5,11,13-14H,3,6-10,17H2,1-2H3. The van der Waals surface area contributed by atoms with Crippen molar-refractivity contribution < 1.29 is 0 Å². The van der Waals surface area contributed by atoms with Gasteiger partial charge in [-0.15, -0.1) is 5.10 Å². The molecule has 0 saturated heterocycles. The molecule has 5 nitrogen and oxygen atoms in total. The Morgan fingerprint density at radius 3 is 2.76 bits per heavy atom. The number of aryl methyl sites for hydroxylation is 1. The Bertz CT molecular complexity index is 598. The third-order valence-corrected chi connectivity index (χ3v) is 4.45. The first-order valence-corrected chi connectivity index (χ1v) is 8.03. The average molecular weight is 287 g/mol. The SMILES string of the molecule is CCCN(c1nc2c(C)cccn2n1)C1CCC(N)CC1. The van der Waals surface area contributed by atoms with Crippen molar-refractivity contribution in [2.75, 3.05) is 11.4 Å². The lowest BCUT2D eigenvalue weighted by Gasteiger charge is -2.35. The Kier molecular flexibility index (Phi) is 4.10. The zero-order valence-corrected chi connectivity index (χ0v) is 13.0. The van der Waals surface area contributed by atoms with E-state index in [1.54, 1.807) is 0 Å². The molecule has 2 N–H and O–H groups in total. The first-order valence-electron chi connectivity index (χ1n) is 8.03. The summed E-state index contributed by atoms with van der Waals surface area (Å²) in [6.07, 6.45) is 7.59. The monoisotopic (exact) mass is 287 g/mol. The normalized spacial score (nSPS) is 22.6. The van der Waals surface area contributed by atoms with Gasteiger partial charge < -0.3 is 10.6 Å². The maximum atomic E-state index is 6.04. The zero-order valence-electron chi connectivity index (χ0n) is 13.0. The summed E-state index contributed by atoms with van der Waals surface area (Å²) in [4.78, 5) is 7.16. The van der Waals surface area contributed by atoms with Crippen LogP contribution in [-0.4, -0.2) is 33.2 Å². The van der Waals surface area contributed by atoms with E-state index in [2.05, 4.69) is 29.9 Å². The van der Waals surface area contributed by atoms with Crippen LogP contribution in [0, 0.1) is 6.92 Å². The molecule has 0 aromatic carbocycles. The van der Waals surface area contributed by atoms with Crippen molar-refractivity contribution in [2.24, 2.45) is 5.73 Å². The van der Waals surface area contributed by atoms with Crippen LogP contribution in [0.3, 0.4) is 0 Å². The molecular weight excluding hydrogens is 262 g/mol. The molecule has 0 atom stereocenters. The Morgan fingerprint density at radius 2 is 2.10 bits per heavy atom. The molecule has 3 rings (SSSR count). The molecule has 0 aliphatic heterocycles. The first-order chi connectivity index (χ1) is 10.2. The van der Waals surface area contributed by atoms with Gasteiger partial charge >= 0.3 is 0 Å². The third kappa shape index (κ3) is 2.88. The lowest BCUT2D eigenvalue weighted by molar-refractivity contribution is 0.372. The number of aromatic nitrogens is 3. The number of nitrogens with two attached hydrogens (primary N) is 1. The molecule has 5 heteroatoms. The molecular formula is C16H25N5. The summed E-state index contributed by atoms with van der Waals surface area (Å²) >= 11 is 0. The number of hydrogen-bond acceptors (Lipinski definition) is 4. The maximum absolute atomic E-state index is 6.04. The fraction of sp³-hybridized carbons (Fsp3) is 0.625. The number of pyridine rings is 1. The van der Waals surface area contributed by atoms with Crippen LogP contribution in [0.4, 0.5) is 5.95 Å². The average Bonchev–Trinajstić information content (AvgIpc) is 2.91. The number of hydrogen-bond donors (Lipinski definition) is 1. The van der Waals surface area contributed by atoms with E-state index in [0.717, 1.165) is 50.2 Å². The van der Waals surface area contributed by atoms with E-state index in [4.69, 9.17) is 10.7 Å². The minimum absolute atomic E-state index is 0.376. The first kappa shape index (κ1) is 14.3.